The number of fused-ring (bicyclic) bond motifs is 3. The molecule has 5 nitrogen and oxygen atoms in total. The van der Waals surface area contributed by atoms with E-state index in [2.05, 4.69) is 5.32 Å². The molecule has 0 fully saturated rings. The lowest BCUT2D eigenvalue weighted by molar-refractivity contribution is -0.133. The number of carbonyl (C=O) groups is 2. The third-order valence-electron chi connectivity index (χ3n) is 6.27. The van der Waals surface area contributed by atoms with E-state index in [-0.39, 0.29) is 11.8 Å². The van der Waals surface area contributed by atoms with Gasteiger partial charge in [0, 0.05) is 18.5 Å². The van der Waals surface area contributed by atoms with Crippen molar-refractivity contribution in [1.29, 1.82) is 0 Å². The van der Waals surface area contributed by atoms with Crippen LogP contribution < -0.4 is 5.32 Å². The van der Waals surface area contributed by atoms with Crippen molar-refractivity contribution in [2.24, 2.45) is 0 Å². The Labute approximate surface area is 191 Å². The normalized spacial score (nSPS) is 18.1. The van der Waals surface area contributed by atoms with Crippen LogP contribution in [0.1, 0.15) is 34.1 Å². The number of aryl methyl sites for hydroxylation is 1. The summed E-state index contributed by atoms with van der Waals surface area (Å²) in [6.45, 7) is 5.14. The van der Waals surface area contributed by atoms with Crippen molar-refractivity contribution >= 4 is 33.4 Å². The predicted molar refractivity (Wildman–Crippen MR) is 128 cm³/mol. The van der Waals surface area contributed by atoms with Crippen molar-refractivity contribution in [3.63, 3.8) is 0 Å². The van der Waals surface area contributed by atoms with E-state index in [0.29, 0.717) is 25.3 Å². The van der Waals surface area contributed by atoms with Gasteiger partial charge in [-0.25, -0.2) is 0 Å². The molecule has 1 N–H and O–H groups in total. The van der Waals surface area contributed by atoms with Crippen LogP contribution in [-0.4, -0.2) is 26.8 Å². The van der Waals surface area contributed by atoms with Gasteiger partial charge in [-0.05, 0) is 42.5 Å². The molecule has 2 aromatic heterocycles. The topological polar surface area (TPSA) is 54.3 Å². The van der Waals surface area contributed by atoms with Crippen LogP contribution in [0.2, 0.25) is 0 Å². The zero-order valence-electron chi connectivity index (χ0n) is 18.2. The van der Waals surface area contributed by atoms with Crippen LogP contribution in [0.3, 0.4) is 0 Å². The van der Waals surface area contributed by atoms with Gasteiger partial charge < -0.3 is 14.8 Å². The monoisotopic (exact) mass is 443 g/mol. The van der Waals surface area contributed by atoms with Crippen LogP contribution in [0.4, 0.5) is 0 Å². The Morgan fingerprint density at radius 3 is 2.56 bits per heavy atom. The van der Waals surface area contributed by atoms with Crippen LogP contribution >= 0.6 is 11.3 Å². The Morgan fingerprint density at radius 2 is 1.81 bits per heavy atom. The average molecular weight is 444 g/mol. The highest BCUT2D eigenvalue weighted by atomic mass is 32.1. The lowest BCUT2D eigenvalue weighted by Crippen LogP contribution is -2.63. The number of rotatable bonds is 5. The van der Waals surface area contributed by atoms with Crippen LogP contribution in [0, 0.1) is 6.92 Å². The highest BCUT2D eigenvalue weighted by molar-refractivity contribution is 7.16. The molecule has 32 heavy (non-hydrogen) atoms. The minimum Gasteiger partial charge on any atom is -0.350 e. The standard InChI is InChI=1S/C26H25N3O2S/c1-18-8-10-20(11-9-18)16-29-23(30)22-14-21-12-13-32-24(21)28(22)17-26(29,2)25(31)27-15-19-6-4-3-5-7-19/h3-14H,15-17H2,1-2H3,(H,27,31)/t26-/m0/s1. The van der Waals surface area contributed by atoms with Gasteiger partial charge in [0.1, 0.15) is 16.1 Å². The highest BCUT2D eigenvalue weighted by Gasteiger charge is 2.47. The lowest BCUT2D eigenvalue weighted by atomic mass is 9.93. The van der Waals surface area contributed by atoms with E-state index >= 15 is 0 Å². The van der Waals surface area contributed by atoms with E-state index in [0.717, 1.165) is 26.9 Å². The first kappa shape index (κ1) is 20.5. The molecule has 0 spiro atoms. The van der Waals surface area contributed by atoms with Crippen molar-refractivity contribution in [3.05, 3.63) is 94.5 Å². The predicted octanol–water partition coefficient (Wildman–Crippen LogP) is 4.74. The molecule has 0 radical (unpaired) electrons. The summed E-state index contributed by atoms with van der Waals surface area (Å²) < 4.78 is 2.01. The number of hydrogen-bond donors (Lipinski definition) is 1. The fraction of sp³-hybridized carbons (Fsp3) is 0.231. The number of nitrogens with zero attached hydrogens (tertiary/aromatic N) is 2. The smallest absolute Gasteiger partial charge is 0.271 e. The molecule has 1 aliphatic heterocycles. The molecule has 2 aromatic carbocycles. The molecule has 1 aliphatic rings. The van der Waals surface area contributed by atoms with E-state index in [1.54, 1.807) is 16.2 Å². The van der Waals surface area contributed by atoms with Crippen LogP contribution in [0.25, 0.3) is 10.2 Å². The van der Waals surface area contributed by atoms with E-state index in [9.17, 15) is 9.59 Å². The number of carbonyl (C=O) groups excluding carboxylic acids is 2. The van der Waals surface area contributed by atoms with Crippen LogP contribution in [-0.2, 0) is 24.4 Å². The second-order valence-corrected chi connectivity index (χ2v) is 9.51. The summed E-state index contributed by atoms with van der Waals surface area (Å²) in [6.07, 6.45) is 0. The highest BCUT2D eigenvalue weighted by Crippen LogP contribution is 2.35. The summed E-state index contributed by atoms with van der Waals surface area (Å²) in [5, 5.41) is 6.14. The molecule has 162 valence electrons. The molecular weight excluding hydrogens is 418 g/mol. The van der Waals surface area contributed by atoms with Crippen molar-refractivity contribution < 1.29 is 9.59 Å². The second kappa shape index (κ2) is 7.95. The maximum Gasteiger partial charge on any atom is 0.271 e. The van der Waals surface area contributed by atoms with Gasteiger partial charge in [-0.3, -0.25) is 9.59 Å². The number of aromatic nitrogens is 1. The number of hydrogen-bond acceptors (Lipinski definition) is 3. The van der Waals surface area contributed by atoms with Gasteiger partial charge in [-0.15, -0.1) is 11.3 Å². The Kier molecular flexibility index (Phi) is 5.10. The molecule has 4 aromatic rings. The molecule has 0 saturated carbocycles. The fourth-order valence-electron chi connectivity index (χ4n) is 4.35. The number of benzene rings is 2. The van der Waals surface area contributed by atoms with E-state index in [4.69, 9.17) is 0 Å². The molecule has 1 atom stereocenters. The molecule has 0 aliphatic carbocycles. The van der Waals surface area contributed by atoms with E-state index in [1.165, 1.54) is 0 Å². The summed E-state index contributed by atoms with van der Waals surface area (Å²) in [7, 11) is 0. The summed E-state index contributed by atoms with van der Waals surface area (Å²) in [6, 6.07) is 21.9. The second-order valence-electron chi connectivity index (χ2n) is 8.62. The average Bonchev–Trinajstić information content (AvgIpc) is 3.39. The van der Waals surface area contributed by atoms with E-state index in [1.807, 2.05) is 90.5 Å². The summed E-state index contributed by atoms with van der Waals surface area (Å²) in [4.78, 5) is 30.0. The summed E-state index contributed by atoms with van der Waals surface area (Å²) in [5.74, 6) is -0.261. The summed E-state index contributed by atoms with van der Waals surface area (Å²) in [5.41, 5.74) is 2.83. The first-order valence-electron chi connectivity index (χ1n) is 10.7. The van der Waals surface area contributed by atoms with Gasteiger partial charge in [0.15, 0.2) is 0 Å². The zero-order valence-corrected chi connectivity index (χ0v) is 19.0. The first-order chi connectivity index (χ1) is 15.5. The number of amides is 2. The lowest BCUT2D eigenvalue weighted by Gasteiger charge is -2.44. The molecular formula is C26H25N3O2S. The summed E-state index contributed by atoms with van der Waals surface area (Å²) >= 11 is 1.60. The molecule has 5 rings (SSSR count). The Morgan fingerprint density at radius 1 is 1.06 bits per heavy atom. The minimum atomic E-state index is -1.01. The number of thiophene rings is 1. The van der Waals surface area contributed by atoms with Crippen molar-refractivity contribution in [2.45, 2.75) is 39.0 Å². The SMILES string of the molecule is Cc1ccc(CN2C(=O)c3cc4ccsc4n3C[C@@]2(C)C(=O)NCc2ccccc2)cc1. The first-order valence-corrected chi connectivity index (χ1v) is 11.6. The molecule has 2 amide bonds. The Balaban J connectivity index is 1.51. The quantitative estimate of drug-likeness (QED) is 0.484. The fourth-order valence-corrected chi connectivity index (χ4v) is 5.25. The third kappa shape index (κ3) is 3.50. The maximum absolute atomic E-state index is 13.7. The van der Waals surface area contributed by atoms with Gasteiger partial charge in [0.05, 0.1) is 6.54 Å². The van der Waals surface area contributed by atoms with Crippen molar-refractivity contribution in [3.8, 4) is 0 Å². The Hall–Kier alpha value is -3.38. The number of nitrogens with one attached hydrogen (secondary N) is 1. The van der Waals surface area contributed by atoms with Gasteiger partial charge in [-0.2, -0.15) is 0 Å². The zero-order chi connectivity index (χ0) is 22.3. The third-order valence-corrected chi connectivity index (χ3v) is 7.23. The molecule has 0 bridgehead atoms. The molecule has 3 heterocycles. The molecule has 0 saturated heterocycles. The van der Waals surface area contributed by atoms with Crippen molar-refractivity contribution in [1.82, 2.24) is 14.8 Å². The van der Waals surface area contributed by atoms with Gasteiger partial charge in [0.25, 0.3) is 5.91 Å². The van der Waals surface area contributed by atoms with Crippen LogP contribution in [0.15, 0.2) is 72.1 Å². The minimum absolute atomic E-state index is 0.113. The van der Waals surface area contributed by atoms with Gasteiger partial charge in [-0.1, -0.05) is 60.2 Å². The van der Waals surface area contributed by atoms with E-state index < -0.39 is 5.54 Å². The van der Waals surface area contributed by atoms with Gasteiger partial charge in [0.2, 0.25) is 5.91 Å². The molecule has 6 heteroatoms. The largest absolute Gasteiger partial charge is 0.350 e. The molecule has 0 unspecified atom stereocenters. The maximum atomic E-state index is 13.7. The van der Waals surface area contributed by atoms with Crippen LogP contribution in [0.5, 0.6) is 0 Å². The van der Waals surface area contributed by atoms with Crippen molar-refractivity contribution in [2.75, 3.05) is 0 Å². The Bertz CT molecular complexity index is 1290. The van der Waals surface area contributed by atoms with Gasteiger partial charge >= 0.3 is 0 Å².